The summed E-state index contributed by atoms with van der Waals surface area (Å²) in [6.07, 6.45) is 2.41. The van der Waals surface area contributed by atoms with Gasteiger partial charge in [0.15, 0.2) is 5.60 Å². The number of aromatic nitrogens is 1. The third kappa shape index (κ3) is 3.35. The summed E-state index contributed by atoms with van der Waals surface area (Å²) in [6.45, 7) is 6.15. The number of carbonyl (C=O) groups excluding carboxylic acids is 1. The summed E-state index contributed by atoms with van der Waals surface area (Å²) in [4.78, 5) is 21.5. The highest BCUT2D eigenvalue weighted by Gasteiger charge is 2.50. The van der Waals surface area contributed by atoms with Gasteiger partial charge in [-0.05, 0) is 31.2 Å². The van der Waals surface area contributed by atoms with Crippen LogP contribution in [0.3, 0.4) is 0 Å². The largest absolute Gasteiger partial charge is 0.391 e. The molecule has 5 rings (SSSR count). The minimum atomic E-state index is -0.576. The molecule has 0 radical (unpaired) electrons. The fraction of sp³-hybridized carbons (Fsp3) is 0.542. The molecule has 7 heteroatoms. The van der Waals surface area contributed by atoms with Crippen LogP contribution in [0.1, 0.15) is 61.6 Å². The second-order valence-corrected chi connectivity index (χ2v) is 9.49. The van der Waals surface area contributed by atoms with E-state index in [1.165, 1.54) is 11.1 Å². The summed E-state index contributed by atoms with van der Waals surface area (Å²) in [5, 5.41) is 18.9. The van der Waals surface area contributed by atoms with Gasteiger partial charge >= 0.3 is 0 Å². The number of hydrogen-bond acceptors (Lipinski definition) is 6. The Kier molecular flexibility index (Phi) is 4.88. The molecule has 7 nitrogen and oxygen atoms in total. The summed E-state index contributed by atoms with van der Waals surface area (Å²) in [7, 11) is 0. The third-order valence-electron chi connectivity index (χ3n) is 6.94. The lowest BCUT2D eigenvalue weighted by Gasteiger charge is -2.29. The maximum Gasteiger partial charge on any atom is 0.234 e. The van der Waals surface area contributed by atoms with Crippen LogP contribution in [0.2, 0.25) is 0 Å². The van der Waals surface area contributed by atoms with Crippen LogP contribution >= 0.6 is 0 Å². The van der Waals surface area contributed by atoms with Crippen LogP contribution < -0.4 is 0 Å². The molecule has 4 atom stereocenters. The molecular weight excluding hydrogens is 394 g/mol. The molecule has 1 amide bonds. The number of carbonyl (C=O) groups is 1. The van der Waals surface area contributed by atoms with Crippen LogP contribution in [0.25, 0.3) is 0 Å². The van der Waals surface area contributed by atoms with E-state index in [9.17, 15) is 9.90 Å². The zero-order valence-electron chi connectivity index (χ0n) is 18.2. The average molecular weight is 424 g/mol. The average Bonchev–Trinajstić information content (AvgIpc) is 3.51. The molecule has 1 aromatic heterocycles. The first-order chi connectivity index (χ1) is 14.9. The number of rotatable bonds is 4. The summed E-state index contributed by atoms with van der Waals surface area (Å²) in [5.41, 5.74) is 3.66. The standard InChI is InChI=1S/C24H29N3O4/c1-14(2)22(21-10-15(3)25-30-21)23(29)27-13-17(28)11-20(27)19-12-24(31-26-19)9-8-16-6-4-5-7-18(16)24/h4-7,10,14,17,20,22,28H,8-9,11-13H2,1-3H3/t17-,20+,22+,24+/m1/s1. The van der Waals surface area contributed by atoms with Crippen molar-refractivity contribution in [2.45, 2.75) is 70.1 Å². The second kappa shape index (κ2) is 7.48. The highest BCUT2D eigenvalue weighted by atomic mass is 16.7. The van der Waals surface area contributed by atoms with Crippen molar-refractivity contribution in [2.75, 3.05) is 6.54 Å². The lowest BCUT2D eigenvalue weighted by molar-refractivity contribution is -0.134. The van der Waals surface area contributed by atoms with Crippen molar-refractivity contribution < 1.29 is 19.3 Å². The number of hydrogen-bond donors (Lipinski definition) is 1. The molecule has 0 saturated carbocycles. The highest BCUT2D eigenvalue weighted by Crippen LogP contribution is 2.47. The van der Waals surface area contributed by atoms with Gasteiger partial charge in [-0.15, -0.1) is 0 Å². The molecule has 1 aliphatic carbocycles. The number of aryl methyl sites for hydroxylation is 2. The molecule has 31 heavy (non-hydrogen) atoms. The Morgan fingerprint density at radius 3 is 2.87 bits per heavy atom. The zero-order chi connectivity index (χ0) is 21.8. The van der Waals surface area contributed by atoms with Crippen LogP contribution in [0.5, 0.6) is 0 Å². The lowest BCUT2D eigenvalue weighted by Crippen LogP contribution is -2.44. The van der Waals surface area contributed by atoms with Crippen LogP contribution in [0.4, 0.5) is 0 Å². The minimum absolute atomic E-state index is 0.0352. The smallest absolute Gasteiger partial charge is 0.234 e. The first-order valence-electron chi connectivity index (χ1n) is 11.1. The summed E-state index contributed by atoms with van der Waals surface area (Å²) < 4.78 is 5.46. The summed E-state index contributed by atoms with van der Waals surface area (Å²) >= 11 is 0. The van der Waals surface area contributed by atoms with Gasteiger partial charge in [-0.2, -0.15) is 0 Å². The molecule has 0 unspecified atom stereocenters. The molecule has 2 aliphatic heterocycles. The number of amides is 1. The van der Waals surface area contributed by atoms with Gasteiger partial charge in [-0.25, -0.2) is 0 Å². The maximum atomic E-state index is 13.7. The number of benzene rings is 1. The number of oxime groups is 1. The Hall–Kier alpha value is -2.67. The van der Waals surface area contributed by atoms with Gasteiger partial charge in [-0.1, -0.05) is 48.4 Å². The number of β-amino-alcohol motifs (C(OH)–C–C–N with tert-alkyl or cyclic N) is 1. The molecule has 3 aliphatic rings. The summed E-state index contributed by atoms with van der Waals surface area (Å²) in [6, 6.07) is 9.92. The Morgan fingerprint density at radius 1 is 1.32 bits per heavy atom. The Bertz CT molecular complexity index is 1030. The van der Waals surface area contributed by atoms with Crippen molar-refractivity contribution in [1.82, 2.24) is 10.1 Å². The van der Waals surface area contributed by atoms with Gasteiger partial charge in [0, 0.05) is 31.0 Å². The third-order valence-corrected chi connectivity index (χ3v) is 6.94. The molecule has 1 fully saturated rings. The van der Waals surface area contributed by atoms with Gasteiger partial charge in [0.25, 0.3) is 0 Å². The van der Waals surface area contributed by atoms with Crippen molar-refractivity contribution in [1.29, 1.82) is 0 Å². The molecule has 0 bridgehead atoms. The van der Waals surface area contributed by atoms with E-state index in [-0.39, 0.29) is 17.9 Å². The van der Waals surface area contributed by atoms with Crippen molar-refractivity contribution in [3.05, 3.63) is 52.9 Å². The number of fused-ring (bicyclic) bond motifs is 2. The van der Waals surface area contributed by atoms with E-state index in [1.54, 1.807) is 4.90 Å². The fourth-order valence-electron chi connectivity index (χ4n) is 5.43. The van der Waals surface area contributed by atoms with E-state index >= 15 is 0 Å². The first-order valence-corrected chi connectivity index (χ1v) is 11.1. The molecule has 164 valence electrons. The Morgan fingerprint density at radius 2 is 2.13 bits per heavy atom. The van der Waals surface area contributed by atoms with Gasteiger partial charge in [0.2, 0.25) is 5.91 Å². The number of nitrogens with zero attached hydrogens (tertiary/aromatic N) is 3. The molecule has 2 aromatic rings. The van der Waals surface area contributed by atoms with Crippen LogP contribution in [0.15, 0.2) is 40.0 Å². The molecule has 1 saturated heterocycles. The van der Waals surface area contributed by atoms with E-state index in [4.69, 9.17) is 9.36 Å². The predicted octanol–water partition coefficient (Wildman–Crippen LogP) is 3.30. The van der Waals surface area contributed by atoms with Crippen molar-refractivity contribution >= 4 is 11.6 Å². The SMILES string of the molecule is Cc1cc([C@@H](C(=O)N2C[C@H](O)C[C@H]2C2=NO[C@@]3(CCc4ccccc43)C2)C(C)C)on1. The lowest BCUT2D eigenvalue weighted by atomic mass is 9.87. The van der Waals surface area contributed by atoms with E-state index in [0.717, 1.165) is 24.2 Å². The Labute approximate surface area is 182 Å². The van der Waals surface area contributed by atoms with Crippen LogP contribution in [-0.2, 0) is 21.7 Å². The number of aliphatic hydroxyl groups is 1. The monoisotopic (exact) mass is 423 g/mol. The van der Waals surface area contributed by atoms with Gasteiger partial charge < -0.3 is 19.4 Å². The van der Waals surface area contributed by atoms with E-state index < -0.39 is 17.6 Å². The van der Waals surface area contributed by atoms with E-state index in [1.807, 2.05) is 32.9 Å². The fourth-order valence-corrected chi connectivity index (χ4v) is 5.43. The van der Waals surface area contributed by atoms with Gasteiger partial charge in [0.1, 0.15) is 11.7 Å². The summed E-state index contributed by atoms with van der Waals surface area (Å²) in [5.74, 6) is 0.109. The zero-order valence-corrected chi connectivity index (χ0v) is 18.2. The van der Waals surface area contributed by atoms with Crippen molar-refractivity contribution in [3.8, 4) is 0 Å². The Balaban J connectivity index is 1.40. The second-order valence-electron chi connectivity index (χ2n) is 9.49. The number of likely N-dealkylation sites (tertiary alicyclic amines) is 1. The minimum Gasteiger partial charge on any atom is -0.391 e. The van der Waals surface area contributed by atoms with Crippen LogP contribution in [0, 0.1) is 12.8 Å². The highest BCUT2D eigenvalue weighted by molar-refractivity contribution is 5.96. The van der Waals surface area contributed by atoms with Crippen molar-refractivity contribution in [3.63, 3.8) is 0 Å². The molecule has 1 spiro atoms. The number of aliphatic hydroxyl groups excluding tert-OH is 1. The van der Waals surface area contributed by atoms with Crippen LogP contribution in [-0.4, -0.2) is 45.5 Å². The van der Waals surface area contributed by atoms with Gasteiger partial charge in [-0.3, -0.25) is 4.79 Å². The normalized spacial score (nSPS) is 28.2. The molecular formula is C24H29N3O4. The molecule has 1 aromatic carbocycles. The first kappa shape index (κ1) is 20.2. The molecule has 1 N–H and O–H groups in total. The van der Waals surface area contributed by atoms with E-state index in [0.29, 0.717) is 25.1 Å². The quantitative estimate of drug-likeness (QED) is 0.815. The predicted molar refractivity (Wildman–Crippen MR) is 115 cm³/mol. The topological polar surface area (TPSA) is 88.2 Å². The van der Waals surface area contributed by atoms with Crippen molar-refractivity contribution in [2.24, 2.45) is 11.1 Å². The maximum absolute atomic E-state index is 13.7. The van der Waals surface area contributed by atoms with E-state index in [2.05, 4.69) is 28.5 Å². The van der Waals surface area contributed by atoms with Gasteiger partial charge in [0.05, 0.1) is 23.6 Å². The molecule has 3 heterocycles.